The fraction of sp³-hybridized carbons (Fsp3) is 0.474. The number of unbranched alkanes of at least 4 members (excludes halogenated alkanes) is 2. The third-order valence-corrected chi connectivity index (χ3v) is 9.05. The summed E-state index contributed by atoms with van der Waals surface area (Å²) in [7, 11) is 0. The van der Waals surface area contributed by atoms with Crippen molar-refractivity contribution in [3.63, 3.8) is 0 Å². The number of aliphatic hydroxyl groups excluding tert-OH is 1. The van der Waals surface area contributed by atoms with Crippen LogP contribution in [0.5, 0.6) is 0 Å². The summed E-state index contributed by atoms with van der Waals surface area (Å²) in [5, 5.41) is 15.4. The van der Waals surface area contributed by atoms with Crippen molar-refractivity contribution in [1.29, 1.82) is 0 Å². The highest BCUT2D eigenvalue weighted by Gasteiger charge is 2.39. The highest BCUT2D eigenvalue weighted by molar-refractivity contribution is 5.76. The summed E-state index contributed by atoms with van der Waals surface area (Å²) in [6, 6.07) is 24.6. The topological polar surface area (TPSA) is 109 Å². The first-order chi connectivity index (χ1) is 22.9. The Balaban J connectivity index is 1.21. The summed E-state index contributed by atoms with van der Waals surface area (Å²) in [6.45, 7) is 8.94. The number of hydrogen-bond acceptors (Lipinski definition) is 7. The number of rotatable bonds is 14. The fourth-order valence-corrected chi connectivity index (χ4v) is 6.20. The quantitative estimate of drug-likeness (QED) is 0.205. The van der Waals surface area contributed by atoms with E-state index in [2.05, 4.69) is 71.0 Å². The normalized spacial score (nSPS) is 21.7. The Kier molecular flexibility index (Phi) is 12.9. The molecule has 3 N–H and O–H groups in total. The zero-order valence-corrected chi connectivity index (χ0v) is 27.7. The second-order valence-corrected chi connectivity index (χ2v) is 12.6. The number of aliphatic hydroxyl groups is 1. The van der Waals surface area contributed by atoms with Crippen molar-refractivity contribution >= 4 is 11.8 Å². The van der Waals surface area contributed by atoms with Gasteiger partial charge in [0.2, 0.25) is 11.8 Å². The summed E-state index contributed by atoms with van der Waals surface area (Å²) in [6.07, 6.45) is 2.37. The number of morpholine rings is 1. The molecule has 2 aliphatic heterocycles. The molecule has 9 nitrogen and oxygen atoms in total. The standard InChI is InChI=1S/C38H49N3O6/c1-27-35(25-41-19-21-45-22-20-41)46-38(47-37(27)32-12-10-29(26-42)11-13-32)33-16-14-31(15-17-33)34-8-6-7-30(23-34)24-40-36(44)9-4-3-5-18-39-28(2)43/h6-8,10-17,23,27,35,37-38,42H,3-5,9,18-22,24-26H2,1-2H3,(H,39,43)(H,40,44). The molecule has 2 saturated heterocycles. The van der Waals surface area contributed by atoms with Crippen LogP contribution < -0.4 is 10.6 Å². The number of carbonyl (C=O) groups is 2. The summed E-state index contributed by atoms with van der Waals surface area (Å²) in [5.41, 5.74) is 6.12. The highest BCUT2D eigenvalue weighted by atomic mass is 16.7. The Labute approximate surface area is 278 Å². The second kappa shape index (κ2) is 17.5. The average Bonchev–Trinajstić information content (AvgIpc) is 3.10. The van der Waals surface area contributed by atoms with E-state index in [1.54, 1.807) is 0 Å². The minimum absolute atomic E-state index is 0.0136. The van der Waals surface area contributed by atoms with Gasteiger partial charge < -0.3 is 30.0 Å². The van der Waals surface area contributed by atoms with E-state index in [4.69, 9.17) is 14.2 Å². The summed E-state index contributed by atoms with van der Waals surface area (Å²) < 4.78 is 18.9. The lowest BCUT2D eigenvalue weighted by atomic mass is 9.90. The Hall–Kier alpha value is -3.60. The van der Waals surface area contributed by atoms with Crippen LogP contribution in [0.25, 0.3) is 11.1 Å². The number of benzene rings is 3. The lowest BCUT2D eigenvalue weighted by molar-refractivity contribution is -0.277. The Morgan fingerprint density at radius 1 is 0.851 bits per heavy atom. The molecule has 4 atom stereocenters. The number of nitrogens with one attached hydrogen (secondary N) is 2. The molecule has 252 valence electrons. The molecule has 4 unspecified atom stereocenters. The van der Waals surface area contributed by atoms with Crippen molar-refractivity contribution in [1.82, 2.24) is 15.5 Å². The van der Waals surface area contributed by atoms with Crippen molar-refractivity contribution in [2.45, 2.75) is 71.2 Å². The van der Waals surface area contributed by atoms with Crippen LogP contribution in [0, 0.1) is 5.92 Å². The van der Waals surface area contributed by atoms with E-state index in [-0.39, 0.29) is 36.5 Å². The zero-order chi connectivity index (χ0) is 33.0. The van der Waals surface area contributed by atoms with Gasteiger partial charge in [-0.2, -0.15) is 0 Å². The number of carbonyl (C=O) groups excluding carboxylic acids is 2. The predicted molar refractivity (Wildman–Crippen MR) is 181 cm³/mol. The smallest absolute Gasteiger partial charge is 0.220 e. The minimum atomic E-state index is -0.513. The molecular formula is C38H49N3O6. The Morgan fingerprint density at radius 2 is 1.60 bits per heavy atom. The SMILES string of the molecule is CC(=O)NCCCCCC(=O)NCc1cccc(-c2ccc(C3OC(CN4CCOCC4)C(C)C(c4ccc(CO)cc4)O3)cc2)c1. The first-order valence-electron chi connectivity index (χ1n) is 16.9. The summed E-state index contributed by atoms with van der Waals surface area (Å²) >= 11 is 0. The van der Waals surface area contributed by atoms with Crippen LogP contribution >= 0.6 is 0 Å². The Morgan fingerprint density at radius 3 is 2.32 bits per heavy atom. The second-order valence-electron chi connectivity index (χ2n) is 12.6. The molecule has 0 radical (unpaired) electrons. The van der Waals surface area contributed by atoms with Crippen LogP contribution in [0.2, 0.25) is 0 Å². The van der Waals surface area contributed by atoms with Gasteiger partial charge in [0.05, 0.1) is 32.0 Å². The van der Waals surface area contributed by atoms with Crippen LogP contribution in [0.1, 0.15) is 74.2 Å². The lowest BCUT2D eigenvalue weighted by Crippen LogP contribution is -2.47. The van der Waals surface area contributed by atoms with Crippen LogP contribution in [0.4, 0.5) is 0 Å². The van der Waals surface area contributed by atoms with Crippen molar-refractivity contribution in [3.05, 3.63) is 95.1 Å². The minimum Gasteiger partial charge on any atom is -0.392 e. The molecule has 47 heavy (non-hydrogen) atoms. The largest absolute Gasteiger partial charge is 0.392 e. The van der Waals surface area contributed by atoms with Gasteiger partial charge in [-0.15, -0.1) is 0 Å². The molecule has 0 saturated carbocycles. The van der Waals surface area contributed by atoms with E-state index in [1.807, 2.05) is 24.3 Å². The van der Waals surface area contributed by atoms with Gasteiger partial charge in [0, 0.05) is 57.5 Å². The third-order valence-electron chi connectivity index (χ3n) is 9.05. The highest BCUT2D eigenvalue weighted by Crippen LogP contribution is 2.42. The molecule has 2 aliphatic rings. The van der Waals surface area contributed by atoms with E-state index in [1.165, 1.54) is 6.92 Å². The monoisotopic (exact) mass is 643 g/mol. The molecular weight excluding hydrogens is 594 g/mol. The zero-order valence-electron chi connectivity index (χ0n) is 27.7. The summed E-state index contributed by atoms with van der Waals surface area (Å²) in [5.74, 6) is 0.148. The number of nitrogens with zero attached hydrogens (tertiary/aromatic N) is 1. The van der Waals surface area contributed by atoms with Gasteiger partial charge in [-0.3, -0.25) is 14.5 Å². The van der Waals surface area contributed by atoms with Crippen LogP contribution in [-0.4, -0.2) is 67.3 Å². The van der Waals surface area contributed by atoms with E-state index in [9.17, 15) is 14.7 Å². The maximum Gasteiger partial charge on any atom is 0.220 e. The molecule has 0 aliphatic carbocycles. The van der Waals surface area contributed by atoms with Gasteiger partial charge in [-0.05, 0) is 46.7 Å². The molecule has 0 aromatic heterocycles. The van der Waals surface area contributed by atoms with Crippen molar-refractivity contribution in [3.8, 4) is 11.1 Å². The van der Waals surface area contributed by atoms with Gasteiger partial charge in [0.25, 0.3) is 0 Å². The number of ether oxygens (including phenoxy) is 3. The first-order valence-corrected chi connectivity index (χ1v) is 16.9. The molecule has 3 aromatic carbocycles. The van der Waals surface area contributed by atoms with Crippen LogP contribution in [0.3, 0.4) is 0 Å². The van der Waals surface area contributed by atoms with E-state index in [0.29, 0.717) is 19.5 Å². The van der Waals surface area contributed by atoms with E-state index < -0.39 is 6.29 Å². The first kappa shape index (κ1) is 34.7. The van der Waals surface area contributed by atoms with Gasteiger partial charge in [-0.1, -0.05) is 80.1 Å². The molecule has 0 bridgehead atoms. The van der Waals surface area contributed by atoms with Gasteiger partial charge in [-0.25, -0.2) is 0 Å². The van der Waals surface area contributed by atoms with Crippen LogP contribution in [0.15, 0.2) is 72.8 Å². The van der Waals surface area contributed by atoms with Crippen LogP contribution in [-0.2, 0) is 37.0 Å². The van der Waals surface area contributed by atoms with Gasteiger partial charge >= 0.3 is 0 Å². The van der Waals surface area contributed by atoms with Crippen molar-refractivity contribution in [2.24, 2.45) is 5.92 Å². The van der Waals surface area contributed by atoms with Gasteiger partial charge in [0.15, 0.2) is 6.29 Å². The Bertz CT molecular complexity index is 1420. The number of hydrogen-bond donors (Lipinski definition) is 3. The summed E-state index contributed by atoms with van der Waals surface area (Å²) in [4.78, 5) is 25.7. The molecule has 9 heteroatoms. The van der Waals surface area contributed by atoms with E-state index in [0.717, 1.165) is 85.5 Å². The lowest BCUT2D eigenvalue weighted by Gasteiger charge is -2.43. The molecule has 2 fully saturated rings. The van der Waals surface area contributed by atoms with Crippen molar-refractivity contribution < 1.29 is 28.9 Å². The predicted octanol–water partition coefficient (Wildman–Crippen LogP) is 5.28. The fourth-order valence-electron chi connectivity index (χ4n) is 6.20. The van der Waals surface area contributed by atoms with Crippen molar-refractivity contribution in [2.75, 3.05) is 39.4 Å². The molecule has 3 aromatic rings. The van der Waals surface area contributed by atoms with E-state index >= 15 is 0 Å². The molecule has 5 rings (SSSR count). The maximum atomic E-state index is 12.4. The third kappa shape index (κ3) is 10.2. The van der Waals surface area contributed by atoms with Gasteiger partial charge in [0.1, 0.15) is 0 Å². The molecule has 2 heterocycles. The molecule has 0 spiro atoms. The average molecular weight is 644 g/mol. The number of amides is 2. The maximum absolute atomic E-state index is 12.4. The molecule has 2 amide bonds.